The van der Waals surface area contributed by atoms with Crippen LogP contribution in [0.3, 0.4) is 0 Å². The molecule has 0 saturated carbocycles. The second kappa shape index (κ2) is 12.7. The Kier molecular flexibility index (Phi) is 9.95. The van der Waals surface area contributed by atoms with E-state index in [9.17, 15) is 17.6 Å². The summed E-state index contributed by atoms with van der Waals surface area (Å²) in [6.07, 6.45) is 1.45. The van der Waals surface area contributed by atoms with Crippen LogP contribution < -0.4 is 4.90 Å². The number of aromatic nitrogens is 1. The van der Waals surface area contributed by atoms with E-state index in [0.29, 0.717) is 47.1 Å². The van der Waals surface area contributed by atoms with Gasteiger partial charge in [0, 0.05) is 31.7 Å². The maximum Gasteiger partial charge on any atom is 0.260 e. The fourth-order valence-corrected chi connectivity index (χ4v) is 6.63. The van der Waals surface area contributed by atoms with Crippen molar-refractivity contribution in [2.75, 3.05) is 44.2 Å². The molecule has 36 heavy (non-hydrogen) atoms. The molecule has 1 heterocycles. The molecule has 196 valence electrons. The minimum atomic E-state index is -3.63. The number of likely N-dealkylation sites (N-methyl/N-ethyl adjacent to an activating group) is 1. The van der Waals surface area contributed by atoms with Crippen LogP contribution in [0.4, 0.5) is 9.52 Å². The SMILES string of the molecule is CCCN(CCC)S(=O)(=O)c1ccc(C(=O)N(CCN(CC)CC)c2nc3ccc(F)cc3s2)cc1. The number of carbonyl (C=O) groups is 1. The monoisotopic (exact) mass is 534 g/mol. The highest BCUT2D eigenvalue weighted by Gasteiger charge is 2.25. The van der Waals surface area contributed by atoms with Crippen LogP contribution >= 0.6 is 11.3 Å². The van der Waals surface area contributed by atoms with E-state index in [2.05, 4.69) is 23.7 Å². The molecule has 3 aromatic rings. The first-order valence-electron chi connectivity index (χ1n) is 12.5. The number of amides is 1. The lowest BCUT2D eigenvalue weighted by Gasteiger charge is -2.25. The number of fused-ring (bicyclic) bond motifs is 1. The molecule has 0 N–H and O–H groups in total. The molecule has 10 heteroatoms. The first-order valence-corrected chi connectivity index (χ1v) is 14.7. The molecule has 1 aromatic heterocycles. The van der Waals surface area contributed by atoms with Gasteiger partial charge in [0.2, 0.25) is 10.0 Å². The van der Waals surface area contributed by atoms with E-state index in [-0.39, 0.29) is 16.6 Å². The third kappa shape index (κ3) is 6.47. The minimum Gasteiger partial charge on any atom is -0.302 e. The van der Waals surface area contributed by atoms with Gasteiger partial charge in [0.1, 0.15) is 5.82 Å². The van der Waals surface area contributed by atoms with E-state index < -0.39 is 10.0 Å². The van der Waals surface area contributed by atoms with E-state index in [1.54, 1.807) is 23.1 Å². The van der Waals surface area contributed by atoms with Crippen molar-refractivity contribution >= 4 is 42.6 Å². The van der Waals surface area contributed by atoms with Crippen molar-refractivity contribution in [1.82, 2.24) is 14.2 Å². The zero-order valence-electron chi connectivity index (χ0n) is 21.4. The number of hydrogen-bond acceptors (Lipinski definition) is 6. The Morgan fingerprint density at radius 3 is 2.14 bits per heavy atom. The molecule has 3 rings (SSSR count). The number of rotatable bonds is 13. The van der Waals surface area contributed by atoms with Gasteiger partial charge in [-0.05, 0) is 68.4 Å². The maximum absolute atomic E-state index is 13.7. The van der Waals surface area contributed by atoms with Gasteiger partial charge in [-0.2, -0.15) is 4.31 Å². The molecule has 0 unspecified atom stereocenters. The number of benzene rings is 2. The Bertz CT molecular complexity index is 1250. The van der Waals surface area contributed by atoms with Gasteiger partial charge in [0.25, 0.3) is 5.91 Å². The van der Waals surface area contributed by atoms with Crippen molar-refractivity contribution in [3.05, 3.63) is 53.8 Å². The van der Waals surface area contributed by atoms with Crippen LogP contribution in [0.1, 0.15) is 50.9 Å². The summed E-state index contributed by atoms with van der Waals surface area (Å²) in [7, 11) is -3.63. The highest BCUT2D eigenvalue weighted by molar-refractivity contribution is 7.89. The topological polar surface area (TPSA) is 73.8 Å². The van der Waals surface area contributed by atoms with Crippen molar-refractivity contribution in [3.63, 3.8) is 0 Å². The number of hydrogen-bond donors (Lipinski definition) is 0. The van der Waals surface area contributed by atoms with Crippen LogP contribution in [0.15, 0.2) is 47.4 Å². The molecular formula is C26H35FN4O3S2. The fourth-order valence-electron chi connectivity index (χ4n) is 3.99. The zero-order chi connectivity index (χ0) is 26.3. The predicted octanol–water partition coefficient (Wildman–Crippen LogP) is 5.23. The van der Waals surface area contributed by atoms with Crippen molar-refractivity contribution in [2.24, 2.45) is 0 Å². The van der Waals surface area contributed by atoms with Crippen LogP contribution in [-0.4, -0.2) is 67.8 Å². The van der Waals surface area contributed by atoms with Gasteiger partial charge >= 0.3 is 0 Å². The van der Waals surface area contributed by atoms with Gasteiger partial charge in [-0.15, -0.1) is 0 Å². The van der Waals surface area contributed by atoms with Crippen LogP contribution in [-0.2, 0) is 10.0 Å². The van der Waals surface area contributed by atoms with Crippen molar-refractivity contribution < 1.29 is 17.6 Å². The molecule has 0 bridgehead atoms. The number of sulfonamides is 1. The van der Waals surface area contributed by atoms with E-state index in [4.69, 9.17) is 0 Å². The molecular weight excluding hydrogens is 499 g/mol. The highest BCUT2D eigenvalue weighted by Crippen LogP contribution is 2.30. The smallest absolute Gasteiger partial charge is 0.260 e. The quantitative estimate of drug-likeness (QED) is 0.300. The summed E-state index contributed by atoms with van der Waals surface area (Å²) in [6.45, 7) is 11.7. The van der Waals surface area contributed by atoms with E-state index in [0.717, 1.165) is 25.9 Å². The average Bonchev–Trinajstić information content (AvgIpc) is 3.29. The second-order valence-electron chi connectivity index (χ2n) is 8.52. The first-order chi connectivity index (χ1) is 17.2. The Balaban J connectivity index is 1.92. The normalized spacial score (nSPS) is 12.1. The number of thiazole rings is 1. The molecule has 0 spiro atoms. The van der Waals surface area contributed by atoms with Gasteiger partial charge in [0.15, 0.2) is 5.13 Å². The molecule has 0 aliphatic rings. The number of nitrogens with zero attached hydrogens (tertiary/aromatic N) is 4. The number of carbonyl (C=O) groups excluding carboxylic acids is 1. The summed E-state index contributed by atoms with van der Waals surface area (Å²) < 4.78 is 42.1. The first kappa shape index (κ1) is 28.2. The van der Waals surface area contributed by atoms with Crippen LogP contribution in [0.25, 0.3) is 10.2 Å². The Morgan fingerprint density at radius 1 is 0.917 bits per heavy atom. The molecule has 0 radical (unpaired) electrons. The standard InChI is InChI=1S/C26H35FN4O3S2/c1-5-15-30(16-6-2)36(33,34)22-12-9-20(10-13-22)25(32)31(18-17-29(7-3)8-4)26-28-23-14-11-21(27)19-24(23)35-26/h9-14,19H,5-8,15-18H2,1-4H3. The van der Waals surface area contributed by atoms with Gasteiger partial charge in [-0.25, -0.2) is 17.8 Å². The molecule has 1 amide bonds. The molecule has 0 atom stereocenters. The van der Waals surface area contributed by atoms with Gasteiger partial charge in [0.05, 0.1) is 15.1 Å². The Labute approximate surface area is 217 Å². The van der Waals surface area contributed by atoms with E-state index in [1.165, 1.54) is 39.9 Å². The lowest BCUT2D eigenvalue weighted by Crippen LogP contribution is -2.39. The highest BCUT2D eigenvalue weighted by atomic mass is 32.2. The lowest BCUT2D eigenvalue weighted by molar-refractivity contribution is 0.0983. The summed E-state index contributed by atoms with van der Waals surface area (Å²) in [5.74, 6) is -0.625. The Hall–Kier alpha value is -2.40. The minimum absolute atomic E-state index is 0.172. The zero-order valence-corrected chi connectivity index (χ0v) is 23.0. The summed E-state index contributed by atoms with van der Waals surface area (Å²) in [4.78, 5) is 22.2. The molecule has 0 saturated heterocycles. The van der Waals surface area contributed by atoms with Gasteiger partial charge in [-0.3, -0.25) is 9.69 Å². The third-order valence-corrected chi connectivity index (χ3v) is 8.99. The molecule has 0 aliphatic carbocycles. The van der Waals surface area contributed by atoms with Crippen molar-refractivity contribution in [2.45, 2.75) is 45.4 Å². The molecule has 0 fully saturated rings. The lowest BCUT2D eigenvalue weighted by atomic mass is 10.2. The molecule has 0 aliphatic heterocycles. The average molecular weight is 535 g/mol. The fraction of sp³-hybridized carbons (Fsp3) is 0.462. The number of anilines is 1. The third-order valence-electron chi connectivity index (χ3n) is 6.03. The molecule has 7 nitrogen and oxygen atoms in total. The summed E-state index contributed by atoms with van der Waals surface area (Å²) in [5.41, 5.74) is 1.00. The number of halogens is 1. The maximum atomic E-state index is 13.7. The summed E-state index contributed by atoms with van der Waals surface area (Å²) in [5, 5.41) is 0.488. The Morgan fingerprint density at radius 2 is 1.56 bits per heavy atom. The van der Waals surface area contributed by atoms with Crippen LogP contribution in [0.2, 0.25) is 0 Å². The van der Waals surface area contributed by atoms with Crippen molar-refractivity contribution in [1.29, 1.82) is 0 Å². The van der Waals surface area contributed by atoms with E-state index in [1.807, 2.05) is 13.8 Å². The second-order valence-corrected chi connectivity index (χ2v) is 11.5. The summed E-state index contributed by atoms with van der Waals surface area (Å²) >= 11 is 1.26. The predicted molar refractivity (Wildman–Crippen MR) is 145 cm³/mol. The largest absolute Gasteiger partial charge is 0.302 e. The molecule has 2 aromatic carbocycles. The van der Waals surface area contributed by atoms with E-state index >= 15 is 0 Å². The van der Waals surface area contributed by atoms with Crippen molar-refractivity contribution in [3.8, 4) is 0 Å². The summed E-state index contributed by atoms with van der Waals surface area (Å²) in [6, 6.07) is 10.5. The van der Waals surface area contributed by atoms with Gasteiger partial charge in [-0.1, -0.05) is 39.0 Å². The van der Waals surface area contributed by atoms with Crippen LogP contribution in [0.5, 0.6) is 0 Å². The van der Waals surface area contributed by atoms with Crippen LogP contribution in [0, 0.1) is 5.82 Å². The van der Waals surface area contributed by atoms with Gasteiger partial charge < -0.3 is 4.90 Å².